The molecule has 0 saturated carbocycles. The Balaban J connectivity index is 2.73. The normalized spacial score (nSPS) is 22.4. The highest BCUT2D eigenvalue weighted by atomic mass is 79.9. The van der Waals surface area contributed by atoms with Crippen molar-refractivity contribution in [2.24, 2.45) is 5.41 Å². The van der Waals surface area contributed by atoms with Gasteiger partial charge in [-0.1, -0.05) is 55.5 Å². The summed E-state index contributed by atoms with van der Waals surface area (Å²) >= 11 is 3.77. The molecule has 19 heavy (non-hydrogen) atoms. The van der Waals surface area contributed by atoms with Gasteiger partial charge < -0.3 is 5.11 Å². The zero-order valence-corrected chi connectivity index (χ0v) is 14.4. The Morgan fingerprint density at radius 2 is 1.84 bits per heavy atom. The molecule has 0 spiro atoms. The van der Waals surface area contributed by atoms with Crippen molar-refractivity contribution in [2.75, 3.05) is 25.0 Å². The van der Waals surface area contributed by atoms with Crippen LogP contribution in [0.15, 0.2) is 0 Å². The third-order valence-electron chi connectivity index (χ3n) is 4.59. The lowest BCUT2D eigenvalue weighted by Crippen LogP contribution is -2.45. The number of halogens is 1. The fourth-order valence-electron chi connectivity index (χ4n) is 3.60. The molecule has 1 rings (SSSR count). The van der Waals surface area contributed by atoms with Gasteiger partial charge >= 0.3 is 0 Å². The topological polar surface area (TPSA) is 23.5 Å². The summed E-state index contributed by atoms with van der Waals surface area (Å²) in [6, 6.07) is 0.398. The molecule has 1 N–H and O–H groups in total. The lowest BCUT2D eigenvalue weighted by molar-refractivity contribution is 0.0743. The Morgan fingerprint density at radius 1 is 1.16 bits per heavy atom. The van der Waals surface area contributed by atoms with E-state index in [1.54, 1.807) is 0 Å². The van der Waals surface area contributed by atoms with E-state index in [1.165, 1.54) is 57.9 Å². The summed E-state index contributed by atoms with van der Waals surface area (Å²) in [4.78, 5) is 2.58. The van der Waals surface area contributed by atoms with Crippen LogP contribution in [0.1, 0.15) is 65.2 Å². The van der Waals surface area contributed by atoms with Gasteiger partial charge in [-0.25, -0.2) is 0 Å². The lowest BCUT2D eigenvalue weighted by Gasteiger charge is -2.40. The maximum atomic E-state index is 9.66. The van der Waals surface area contributed by atoms with Crippen LogP contribution in [-0.2, 0) is 0 Å². The largest absolute Gasteiger partial charge is 0.395 e. The van der Waals surface area contributed by atoms with E-state index in [4.69, 9.17) is 0 Å². The quantitative estimate of drug-likeness (QED) is 0.672. The first-order chi connectivity index (χ1) is 9.21. The summed E-state index contributed by atoms with van der Waals surface area (Å²) in [6.45, 7) is 7.24. The van der Waals surface area contributed by atoms with E-state index in [9.17, 15) is 5.11 Å². The molecule has 1 atom stereocenters. The van der Waals surface area contributed by atoms with Gasteiger partial charge in [-0.05, 0) is 37.6 Å². The number of nitrogens with zero attached hydrogens (tertiary/aromatic N) is 1. The van der Waals surface area contributed by atoms with Crippen LogP contribution >= 0.6 is 15.9 Å². The lowest BCUT2D eigenvalue weighted by atomic mass is 9.80. The monoisotopic (exact) mass is 333 g/mol. The molecule has 0 aliphatic carbocycles. The third-order valence-corrected chi connectivity index (χ3v) is 5.78. The van der Waals surface area contributed by atoms with Gasteiger partial charge in [-0.2, -0.15) is 0 Å². The highest BCUT2D eigenvalue weighted by Gasteiger charge is 2.32. The molecular formula is C16H32BrNO. The van der Waals surface area contributed by atoms with Crippen molar-refractivity contribution in [1.29, 1.82) is 0 Å². The predicted octanol–water partition coefficient (Wildman–Crippen LogP) is 4.20. The van der Waals surface area contributed by atoms with Crippen LogP contribution in [0.4, 0.5) is 0 Å². The van der Waals surface area contributed by atoms with E-state index < -0.39 is 0 Å². The highest BCUT2D eigenvalue weighted by molar-refractivity contribution is 9.09. The number of rotatable bonds is 8. The molecule has 0 aromatic rings. The molecule has 1 heterocycles. The Morgan fingerprint density at radius 3 is 2.37 bits per heavy atom. The number of aliphatic hydroxyl groups excluding tert-OH is 1. The molecule has 1 fully saturated rings. The smallest absolute Gasteiger partial charge is 0.0586 e. The molecule has 0 aromatic heterocycles. The summed E-state index contributed by atoms with van der Waals surface area (Å²) in [7, 11) is 0. The molecule has 1 aliphatic heterocycles. The molecular weight excluding hydrogens is 302 g/mol. The first kappa shape index (κ1) is 17.5. The first-order valence-corrected chi connectivity index (χ1v) is 9.24. The molecule has 0 amide bonds. The molecule has 1 aliphatic rings. The molecule has 0 bridgehead atoms. The minimum atomic E-state index is 0.330. The maximum Gasteiger partial charge on any atom is 0.0586 e. The molecule has 3 heteroatoms. The molecule has 0 radical (unpaired) electrons. The van der Waals surface area contributed by atoms with E-state index in [1.807, 2.05) is 0 Å². The van der Waals surface area contributed by atoms with Gasteiger partial charge in [0.15, 0.2) is 0 Å². The van der Waals surface area contributed by atoms with Crippen LogP contribution in [0.2, 0.25) is 0 Å². The molecule has 1 unspecified atom stereocenters. The Kier molecular flexibility index (Phi) is 8.59. The number of likely N-dealkylation sites (tertiary alicyclic amines) is 1. The van der Waals surface area contributed by atoms with Crippen LogP contribution in [0.3, 0.4) is 0 Å². The summed E-state index contributed by atoms with van der Waals surface area (Å²) in [6.07, 6.45) is 10.2. The average Bonchev–Trinajstić information content (AvgIpc) is 2.64. The van der Waals surface area contributed by atoms with Gasteiger partial charge in [0.1, 0.15) is 0 Å². The van der Waals surface area contributed by atoms with E-state index in [2.05, 4.69) is 34.7 Å². The van der Waals surface area contributed by atoms with Crippen molar-refractivity contribution in [1.82, 2.24) is 4.90 Å². The summed E-state index contributed by atoms with van der Waals surface area (Å²) in [5, 5.41) is 10.8. The highest BCUT2D eigenvalue weighted by Crippen LogP contribution is 2.34. The average molecular weight is 334 g/mol. The maximum absolute atomic E-state index is 9.66. The number of hydrogen-bond acceptors (Lipinski definition) is 2. The SMILES string of the molecule is CCCC(CBr)(CCC)CN1CCCCCC1CO. The van der Waals surface area contributed by atoms with Crippen molar-refractivity contribution >= 4 is 15.9 Å². The van der Waals surface area contributed by atoms with Crippen molar-refractivity contribution < 1.29 is 5.11 Å². The van der Waals surface area contributed by atoms with Gasteiger partial charge in [0.25, 0.3) is 0 Å². The Labute approximate surface area is 128 Å². The van der Waals surface area contributed by atoms with Gasteiger partial charge in [0, 0.05) is 17.9 Å². The number of alkyl halides is 1. The van der Waals surface area contributed by atoms with Crippen molar-refractivity contribution in [2.45, 2.75) is 71.3 Å². The molecule has 1 saturated heterocycles. The van der Waals surface area contributed by atoms with Gasteiger partial charge in [0.05, 0.1) is 6.61 Å². The second kappa shape index (κ2) is 9.36. The Hall–Kier alpha value is 0.400. The number of hydrogen-bond donors (Lipinski definition) is 1. The van der Waals surface area contributed by atoms with Crippen LogP contribution in [0.25, 0.3) is 0 Å². The fourth-order valence-corrected chi connectivity index (χ4v) is 4.34. The van der Waals surface area contributed by atoms with Gasteiger partial charge in [-0.15, -0.1) is 0 Å². The number of aliphatic hydroxyl groups is 1. The van der Waals surface area contributed by atoms with E-state index >= 15 is 0 Å². The minimum Gasteiger partial charge on any atom is -0.395 e. The van der Waals surface area contributed by atoms with E-state index in [0.717, 1.165) is 11.9 Å². The van der Waals surface area contributed by atoms with Crippen LogP contribution in [0.5, 0.6) is 0 Å². The van der Waals surface area contributed by atoms with Crippen molar-refractivity contribution in [3.8, 4) is 0 Å². The fraction of sp³-hybridized carbons (Fsp3) is 1.00. The summed E-state index contributed by atoms with van der Waals surface area (Å²) in [5.41, 5.74) is 0.404. The first-order valence-electron chi connectivity index (χ1n) is 8.12. The van der Waals surface area contributed by atoms with Crippen LogP contribution in [0, 0.1) is 5.41 Å². The van der Waals surface area contributed by atoms with Crippen LogP contribution < -0.4 is 0 Å². The molecule has 2 nitrogen and oxygen atoms in total. The van der Waals surface area contributed by atoms with E-state index in [0.29, 0.717) is 18.1 Å². The summed E-state index contributed by atoms with van der Waals surface area (Å²) in [5.74, 6) is 0. The second-order valence-electron chi connectivity index (χ2n) is 6.29. The van der Waals surface area contributed by atoms with Gasteiger partial charge in [-0.3, -0.25) is 4.90 Å². The second-order valence-corrected chi connectivity index (χ2v) is 6.85. The molecule has 114 valence electrons. The van der Waals surface area contributed by atoms with E-state index in [-0.39, 0.29) is 0 Å². The standard InChI is InChI=1S/C16H32BrNO/c1-3-9-16(13-17,10-4-2)14-18-11-7-5-6-8-15(18)12-19/h15,19H,3-14H2,1-2H3. The molecule has 0 aromatic carbocycles. The van der Waals surface area contributed by atoms with Crippen LogP contribution in [-0.4, -0.2) is 41.1 Å². The zero-order valence-electron chi connectivity index (χ0n) is 12.8. The minimum absolute atomic E-state index is 0.330. The third kappa shape index (κ3) is 5.35. The Bertz CT molecular complexity index is 229. The van der Waals surface area contributed by atoms with Crippen molar-refractivity contribution in [3.63, 3.8) is 0 Å². The van der Waals surface area contributed by atoms with Crippen molar-refractivity contribution in [3.05, 3.63) is 0 Å². The van der Waals surface area contributed by atoms with Gasteiger partial charge in [0.2, 0.25) is 0 Å². The zero-order chi connectivity index (χ0) is 14.1. The predicted molar refractivity (Wildman–Crippen MR) is 87.0 cm³/mol. The summed E-state index contributed by atoms with van der Waals surface area (Å²) < 4.78 is 0.